The summed E-state index contributed by atoms with van der Waals surface area (Å²) >= 11 is 0. The summed E-state index contributed by atoms with van der Waals surface area (Å²) in [6.07, 6.45) is 2.02. The molecule has 0 saturated heterocycles. The highest BCUT2D eigenvalue weighted by Gasteiger charge is 2.39. The van der Waals surface area contributed by atoms with Gasteiger partial charge in [-0.1, -0.05) is 60.7 Å². The lowest BCUT2D eigenvalue weighted by Crippen LogP contribution is -2.35. The number of carbonyl (C=O) groups is 2. The van der Waals surface area contributed by atoms with Gasteiger partial charge >= 0.3 is 5.97 Å². The normalized spacial score (nSPS) is 24.1. The first kappa shape index (κ1) is 15.5. The largest absolute Gasteiger partial charge is 0.481 e. The number of aliphatic carboxylic acids is 1. The molecule has 0 radical (unpaired) electrons. The summed E-state index contributed by atoms with van der Waals surface area (Å²) in [6.45, 7) is 0. The molecule has 3 rings (SSSR count). The fourth-order valence-electron chi connectivity index (χ4n) is 3.60. The molecular weight excluding hydrogens is 288 g/mol. The van der Waals surface area contributed by atoms with Crippen molar-refractivity contribution in [1.29, 1.82) is 0 Å². The molecule has 1 fully saturated rings. The van der Waals surface area contributed by atoms with Gasteiger partial charge in [0.2, 0.25) is 0 Å². The third-order valence-electron chi connectivity index (χ3n) is 4.83. The van der Waals surface area contributed by atoms with Crippen LogP contribution in [0.4, 0.5) is 0 Å². The monoisotopic (exact) mass is 308 g/mol. The number of hydrogen-bond acceptors (Lipinski definition) is 2. The van der Waals surface area contributed by atoms with Crippen LogP contribution in [0.3, 0.4) is 0 Å². The maximum Gasteiger partial charge on any atom is 0.307 e. The second kappa shape index (κ2) is 6.78. The van der Waals surface area contributed by atoms with Gasteiger partial charge in [0.15, 0.2) is 5.78 Å². The summed E-state index contributed by atoms with van der Waals surface area (Å²) < 4.78 is 0. The molecule has 0 unspecified atom stereocenters. The molecule has 1 saturated carbocycles. The number of benzene rings is 2. The van der Waals surface area contributed by atoms with E-state index in [1.165, 1.54) is 5.56 Å². The number of rotatable bonds is 4. The van der Waals surface area contributed by atoms with E-state index in [1.54, 1.807) is 12.1 Å². The van der Waals surface area contributed by atoms with Crippen LogP contribution in [0.1, 0.15) is 41.1 Å². The number of Topliss-reactive ketones (excluding diaryl/α,β-unsaturated/α-hetero) is 1. The highest BCUT2D eigenvalue weighted by Crippen LogP contribution is 2.41. The van der Waals surface area contributed by atoms with Crippen LogP contribution in [0.25, 0.3) is 0 Å². The second-order valence-electron chi connectivity index (χ2n) is 6.20. The molecule has 1 N–H and O–H groups in total. The van der Waals surface area contributed by atoms with E-state index in [9.17, 15) is 14.7 Å². The van der Waals surface area contributed by atoms with Crippen molar-refractivity contribution in [2.75, 3.05) is 0 Å². The van der Waals surface area contributed by atoms with Crippen molar-refractivity contribution in [3.63, 3.8) is 0 Å². The van der Waals surface area contributed by atoms with Crippen molar-refractivity contribution < 1.29 is 14.7 Å². The van der Waals surface area contributed by atoms with E-state index in [2.05, 4.69) is 0 Å². The lowest BCUT2D eigenvalue weighted by molar-refractivity contribution is -0.144. The quantitative estimate of drug-likeness (QED) is 0.863. The molecule has 1 aliphatic carbocycles. The van der Waals surface area contributed by atoms with Gasteiger partial charge < -0.3 is 5.11 Å². The minimum absolute atomic E-state index is 0.0375. The zero-order valence-electron chi connectivity index (χ0n) is 12.9. The predicted molar refractivity (Wildman–Crippen MR) is 88.4 cm³/mol. The SMILES string of the molecule is O=C(O)[C@@H]1C[C@@H](c2ccccc2)CC[C@H]1C(=O)c1ccccc1. The maximum atomic E-state index is 12.7. The average Bonchev–Trinajstić information content (AvgIpc) is 2.62. The summed E-state index contributed by atoms with van der Waals surface area (Å²) in [5, 5.41) is 9.62. The van der Waals surface area contributed by atoms with E-state index in [4.69, 9.17) is 0 Å². The Balaban J connectivity index is 1.81. The van der Waals surface area contributed by atoms with Gasteiger partial charge in [0.25, 0.3) is 0 Å². The molecule has 3 nitrogen and oxygen atoms in total. The van der Waals surface area contributed by atoms with Gasteiger partial charge in [-0.3, -0.25) is 9.59 Å². The summed E-state index contributed by atoms with van der Waals surface area (Å²) in [5.74, 6) is -1.71. The first-order valence-electron chi connectivity index (χ1n) is 8.04. The number of carboxylic acids is 1. The van der Waals surface area contributed by atoms with Crippen LogP contribution in [0.2, 0.25) is 0 Å². The highest BCUT2D eigenvalue weighted by molar-refractivity contribution is 6.00. The third kappa shape index (κ3) is 3.34. The van der Waals surface area contributed by atoms with Gasteiger partial charge in [-0.25, -0.2) is 0 Å². The van der Waals surface area contributed by atoms with Gasteiger partial charge in [-0.2, -0.15) is 0 Å². The Kier molecular flexibility index (Phi) is 4.56. The van der Waals surface area contributed by atoms with E-state index < -0.39 is 17.8 Å². The molecule has 0 amide bonds. The summed E-state index contributed by atoms with van der Waals surface area (Å²) in [4.78, 5) is 24.4. The van der Waals surface area contributed by atoms with E-state index >= 15 is 0 Å². The van der Waals surface area contributed by atoms with Crippen molar-refractivity contribution in [2.24, 2.45) is 11.8 Å². The highest BCUT2D eigenvalue weighted by atomic mass is 16.4. The third-order valence-corrected chi connectivity index (χ3v) is 4.83. The van der Waals surface area contributed by atoms with Crippen LogP contribution in [-0.2, 0) is 4.79 Å². The Bertz CT molecular complexity index is 679. The van der Waals surface area contributed by atoms with Crippen LogP contribution in [0.15, 0.2) is 60.7 Å². The topological polar surface area (TPSA) is 54.4 Å². The molecular formula is C20H20O3. The van der Waals surface area contributed by atoms with Crippen LogP contribution in [-0.4, -0.2) is 16.9 Å². The zero-order valence-corrected chi connectivity index (χ0v) is 12.9. The number of carboxylic acid groups (broad SMARTS) is 1. The van der Waals surface area contributed by atoms with Gasteiger partial charge in [0.1, 0.15) is 0 Å². The zero-order chi connectivity index (χ0) is 16.2. The fourth-order valence-corrected chi connectivity index (χ4v) is 3.60. The summed E-state index contributed by atoms with van der Waals surface area (Å²) in [7, 11) is 0. The number of hydrogen-bond donors (Lipinski definition) is 1. The molecule has 1 aliphatic rings. The molecule has 2 aromatic rings. The van der Waals surface area contributed by atoms with E-state index in [1.807, 2.05) is 48.5 Å². The molecule has 118 valence electrons. The Morgan fingerprint density at radius 3 is 2.04 bits per heavy atom. The Hall–Kier alpha value is -2.42. The first-order valence-corrected chi connectivity index (χ1v) is 8.04. The van der Waals surface area contributed by atoms with Gasteiger partial charge in [-0.05, 0) is 30.7 Å². The molecule has 3 heteroatoms. The van der Waals surface area contributed by atoms with Crippen LogP contribution in [0, 0.1) is 11.8 Å². The van der Waals surface area contributed by atoms with E-state index in [-0.39, 0.29) is 11.7 Å². The van der Waals surface area contributed by atoms with Gasteiger partial charge in [0, 0.05) is 11.5 Å². The fraction of sp³-hybridized carbons (Fsp3) is 0.300. The maximum absolute atomic E-state index is 12.7. The van der Waals surface area contributed by atoms with E-state index in [0.717, 1.165) is 6.42 Å². The molecule has 0 aliphatic heterocycles. The molecule has 2 aromatic carbocycles. The van der Waals surface area contributed by atoms with Gasteiger partial charge in [-0.15, -0.1) is 0 Å². The lowest BCUT2D eigenvalue weighted by atomic mass is 9.69. The van der Waals surface area contributed by atoms with Crippen LogP contribution < -0.4 is 0 Å². The Labute approximate surface area is 136 Å². The van der Waals surface area contributed by atoms with Crippen molar-refractivity contribution in [1.82, 2.24) is 0 Å². The molecule has 3 atom stereocenters. The van der Waals surface area contributed by atoms with E-state index in [0.29, 0.717) is 18.4 Å². The number of carbonyl (C=O) groups excluding carboxylic acids is 1. The first-order chi connectivity index (χ1) is 11.2. The number of ketones is 1. The summed E-state index contributed by atoms with van der Waals surface area (Å²) in [6, 6.07) is 19.0. The molecule has 0 spiro atoms. The Morgan fingerprint density at radius 2 is 1.43 bits per heavy atom. The van der Waals surface area contributed by atoms with Crippen molar-refractivity contribution in [2.45, 2.75) is 25.2 Å². The van der Waals surface area contributed by atoms with Gasteiger partial charge in [0.05, 0.1) is 5.92 Å². The lowest BCUT2D eigenvalue weighted by Gasteiger charge is -2.33. The van der Waals surface area contributed by atoms with Crippen LogP contribution >= 0.6 is 0 Å². The minimum Gasteiger partial charge on any atom is -0.481 e. The average molecular weight is 308 g/mol. The predicted octanol–water partition coefficient (Wildman–Crippen LogP) is 4.15. The molecule has 0 aromatic heterocycles. The Morgan fingerprint density at radius 1 is 0.826 bits per heavy atom. The summed E-state index contributed by atoms with van der Waals surface area (Å²) in [5.41, 5.74) is 1.78. The molecule has 23 heavy (non-hydrogen) atoms. The van der Waals surface area contributed by atoms with Crippen molar-refractivity contribution in [3.05, 3.63) is 71.8 Å². The minimum atomic E-state index is -0.861. The smallest absolute Gasteiger partial charge is 0.307 e. The standard InChI is InChI=1S/C20H20O3/c21-19(15-9-5-2-6-10-15)17-12-11-16(13-18(17)20(22)23)14-7-3-1-4-8-14/h1-10,16-18H,11-13H2,(H,22,23)/t16-,17+,18+/m0/s1. The second-order valence-corrected chi connectivity index (χ2v) is 6.20. The van der Waals surface area contributed by atoms with Crippen molar-refractivity contribution in [3.8, 4) is 0 Å². The van der Waals surface area contributed by atoms with Crippen LogP contribution in [0.5, 0.6) is 0 Å². The molecule has 0 heterocycles. The van der Waals surface area contributed by atoms with Crippen molar-refractivity contribution >= 4 is 11.8 Å². The molecule has 0 bridgehead atoms.